The highest BCUT2D eigenvalue weighted by molar-refractivity contribution is 14.1. The molecule has 0 spiro atoms. The van der Waals surface area contributed by atoms with Crippen LogP contribution in [0.3, 0.4) is 0 Å². The van der Waals surface area contributed by atoms with Gasteiger partial charge >= 0.3 is 0 Å². The van der Waals surface area contributed by atoms with Crippen molar-refractivity contribution in [3.63, 3.8) is 0 Å². The zero-order valence-corrected chi connectivity index (χ0v) is 13.4. The van der Waals surface area contributed by atoms with E-state index in [0.29, 0.717) is 22.7 Å². The van der Waals surface area contributed by atoms with Gasteiger partial charge in [-0.25, -0.2) is 9.97 Å². The summed E-state index contributed by atoms with van der Waals surface area (Å²) in [5.41, 5.74) is 0.981. The van der Waals surface area contributed by atoms with E-state index in [1.165, 1.54) is 0 Å². The molecule has 2 aromatic rings. The number of hydrogen-bond donors (Lipinski definition) is 0. The first-order valence-corrected chi connectivity index (χ1v) is 7.21. The van der Waals surface area contributed by atoms with Gasteiger partial charge in [-0.3, -0.25) is 0 Å². The minimum atomic E-state index is 0.491. The fraction of sp³-hybridized carbons (Fsp3) is 0.385. The van der Waals surface area contributed by atoms with Gasteiger partial charge in [0.2, 0.25) is 0 Å². The lowest BCUT2D eigenvalue weighted by atomic mass is 10.1. The van der Waals surface area contributed by atoms with E-state index in [1.54, 1.807) is 0 Å². The molecule has 0 fully saturated rings. The van der Waals surface area contributed by atoms with Crippen molar-refractivity contribution in [1.29, 1.82) is 0 Å². The summed E-state index contributed by atoms with van der Waals surface area (Å²) >= 11 is 8.35. The van der Waals surface area contributed by atoms with Gasteiger partial charge in [0.25, 0.3) is 0 Å². The molecule has 96 valence electrons. The molecule has 0 atom stereocenters. The molecule has 2 rings (SSSR count). The second kappa shape index (κ2) is 5.57. The smallest absolute Gasteiger partial charge is 0.197 e. The standard InChI is InChI=1S/C13H14ClIN2O/c1-7(2)6-9-11(15)12(14)17-13(16-9)10-5-4-8(3)18-10/h4-5,7H,6H2,1-3H3. The number of nitrogens with zero attached hydrogens (tertiary/aromatic N) is 2. The summed E-state index contributed by atoms with van der Waals surface area (Å²) < 4.78 is 6.46. The number of aromatic nitrogens is 2. The SMILES string of the molecule is Cc1ccc(-c2nc(Cl)c(I)c(CC(C)C)n2)o1. The number of halogens is 2. The molecule has 0 saturated heterocycles. The highest BCUT2D eigenvalue weighted by Crippen LogP contribution is 2.26. The normalized spacial score (nSPS) is 11.2. The van der Waals surface area contributed by atoms with E-state index in [0.717, 1.165) is 21.4 Å². The Morgan fingerprint density at radius 2 is 2.06 bits per heavy atom. The maximum absolute atomic E-state index is 6.16. The molecule has 0 bridgehead atoms. The lowest BCUT2D eigenvalue weighted by molar-refractivity contribution is 0.542. The van der Waals surface area contributed by atoms with Crippen molar-refractivity contribution >= 4 is 34.2 Å². The molecule has 0 amide bonds. The molecular formula is C13H14ClIN2O. The van der Waals surface area contributed by atoms with Crippen molar-refractivity contribution in [2.75, 3.05) is 0 Å². The number of hydrogen-bond acceptors (Lipinski definition) is 3. The van der Waals surface area contributed by atoms with Gasteiger partial charge in [-0.05, 0) is 54.0 Å². The van der Waals surface area contributed by atoms with E-state index >= 15 is 0 Å². The predicted molar refractivity (Wildman–Crippen MR) is 80.7 cm³/mol. The van der Waals surface area contributed by atoms with Gasteiger partial charge in [-0.1, -0.05) is 25.4 Å². The largest absolute Gasteiger partial charge is 0.458 e. The molecular weight excluding hydrogens is 363 g/mol. The first-order valence-electron chi connectivity index (χ1n) is 5.76. The monoisotopic (exact) mass is 376 g/mol. The van der Waals surface area contributed by atoms with Gasteiger partial charge in [0.1, 0.15) is 10.9 Å². The van der Waals surface area contributed by atoms with Crippen molar-refractivity contribution in [3.05, 3.63) is 32.3 Å². The Bertz CT molecular complexity index is 566. The molecule has 18 heavy (non-hydrogen) atoms. The first-order chi connectivity index (χ1) is 8.47. The Balaban J connectivity index is 2.46. The minimum Gasteiger partial charge on any atom is -0.458 e. The number of rotatable bonds is 3. The second-order valence-electron chi connectivity index (χ2n) is 4.61. The third-order valence-corrected chi connectivity index (χ3v) is 4.17. The Morgan fingerprint density at radius 1 is 1.33 bits per heavy atom. The maximum atomic E-state index is 6.16. The van der Waals surface area contributed by atoms with Crippen LogP contribution in [0.25, 0.3) is 11.6 Å². The second-order valence-corrected chi connectivity index (χ2v) is 6.04. The molecule has 2 aromatic heterocycles. The molecule has 0 aromatic carbocycles. The number of aryl methyl sites for hydroxylation is 1. The van der Waals surface area contributed by atoms with Gasteiger partial charge in [-0.15, -0.1) is 0 Å². The summed E-state index contributed by atoms with van der Waals surface area (Å²) in [5.74, 6) is 2.59. The highest BCUT2D eigenvalue weighted by Gasteiger charge is 2.15. The van der Waals surface area contributed by atoms with E-state index in [4.69, 9.17) is 16.0 Å². The van der Waals surface area contributed by atoms with Crippen LogP contribution in [0, 0.1) is 16.4 Å². The summed E-state index contributed by atoms with van der Waals surface area (Å²) in [6.45, 7) is 6.21. The Labute approximate surface area is 125 Å². The molecule has 0 aliphatic heterocycles. The lowest BCUT2D eigenvalue weighted by Gasteiger charge is -2.09. The Morgan fingerprint density at radius 3 is 2.61 bits per heavy atom. The van der Waals surface area contributed by atoms with Crippen LogP contribution in [-0.2, 0) is 6.42 Å². The van der Waals surface area contributed by atoms with E-state index in [1.807, 2.05) is 19.1 Å². The van der Waals surface area contributed by atoms with Crippen molar-refractivity contribution in [1.82, 2.24) is 9.97 Å². The third-order valence-electron chi connectivity index (χ3n) is 2.44. The van der Waals surface area contributed by atoms with Crippen LogP contribution in [0.15, 0.2) is 16.5 Å². The van der Waals surface area contributed by atoms with Gasteiger partial charge in [0, 0.05) is 0 Å². The van der Waals surface area contributed by atoms with Gasteiger partial charge < -0.3 is 4.42 Å². The van der Waals surface area contributed by atoms with Crippen LogP contribution >= 0.6 is 34.2 Å². The molecule has 0 aliphatic carbocycles. The van der Waals surface area contributed by atoms with Crippen LogP contribution in [0.4, 0.5) is 0 Å². The molecule has 0 aliphatic rings. The molecule has 5 heteroatoms. The Kier molecular flexibility index (Phi) is 4.27. The fourth-order valence-electron chi connectivity index (χ4n) is 1.65. The average Bonchev–Trinajstić information content (AvgIpc) is 2.70. The van der Waals surface area contributed by atoms with Crippen LogP contribution in [0.1, 0.15) is 25.3 Å². The van der Waals surface area contributed by atoms with Crippen molar-refractivity contribution in [3.8, 4) is 11.6 Å². The van der Waals surface area contributed by atoms with Crippen LogP contribution in [0.2, 0.25) is 5.15 Å². The van der Waals surface area contributed by atoms with E-state index in [2.05, 4.69) is 46.4 Å². The summed E-state index contributed by atoms with van der Waals surface area (Å²) in [6, 6.07) is 3.76. The van der Waals surface area contributed by atoms with Crippen LogP contribution in [0.5, 0.6) is 0 Å². The molecule has 0 unspecified atom stereocenters. The Hall–Kier alpha value is -0.620. The topological polar surface area (TPSA) is 38.9 Å². The maximum Gasteiger partial charge on any atom is 0.197 e. The summed E-state index contributed by atoms with van der Waals surface area (Å²) in [5, 5.41) is 0.491. The molecule has 2 heterocycles. The average molecular weight is 377 g/mol. The summed E-state index contributed by atoms with van der Waals surface area (Å²) in [7, 11) is 0. The van der Waals surface area contributed by atoms with E-state index < -0.39 is 0 Å². The quantitative estimate of drug-likeness (QED) is 0.585. The molecule has 0 radical (unpaired) electrons. The first kappa shape index (κ1) is 13.8. The highest BCUT2D eigenvalue weighted by atomic mass is 127. The van der Waals surface area contributed by atoms with Gasteiger partial charge in [0.05, 0.1) is 9.26 Å². The molecule has 0 N–H and O–H groups in total. The predicted octanol–water partition coefficient (Wildman–Crippen LogP) is 4.50. The van der Waals surface area contributed by atoms with Crippen LogP contribution in [-0.4, -0.2) is 9.97 Å². The summed E-state index contributed by atoms with van der Waals surface area (Å²) in [6.07, 6.45) is 0.882. The molecule has 3 nitrogen and oxygen atoms in total. The van der Waals surface area contributed by atoms with Gasteiger partial charge in [-0.2, -0.15) is 0 Å². The lowest BCUT2D eigenvalue weighted by Crippen LogP contribution is -2.04. The summed E-state index contributed by atoms with van der Waals surface area (Å²) in [4.78, 5) is 8.84. The fourth-order valence-corrected chi connectivity index (χ4v) is 2.30. The van der Waals surface area contributed by atoms with Gasteiger partial charge in [0.15, 0.2) is 11.6 Å². The van der Waals surface area contributed by atoms with Crippen molar-refractivity contribution in [2.24, 2.45) is 5.92 Å². The van der Waals surface area contributed by atoms with Crippen LogP contribution < -0.4 is 0 Å². The van der Waals surface area contributed by atoms with Crippen molar-refractivity contribution in [2.45, 2.75) is 27.2 Å². The van der Waals surface area contributed by atoms with E-state index in [-0.39, 0.29) is 0 Å². The third kappa shape index (κ3) is 3.03. The van der Waals surface area contributed by atoms with E-state index in [9.17, 15) is 0 Å². The number of furan rings is 1. The zero-order chi connectivity index (χ0) is 13.3. The zero-order valence-electron chi connectivity index (χ0n) is 10.5. The van der Waals surface area contributed by atoms with Crippen molar-refractivity contribution < 1.29 is 4.42 Å². The molecule has 0 saturated carbocycles. The minimum absolute atomic E-state index is 0.491.